The van der Waals surface area contributed by atoms with E-state index >= 15 is 0 Å². The monoisotopic (exact) mass is 336 g/mol. The lowest BCUT2D eigenvalue weighted by atomic mass is 10.1. The van der Waals surface area contributed by atoms with Gasteiger partial charge in [-0.1, -0.05) is 70.4 Å². The number of ether oxygens (including phenoxy) is 1. The Morgan fingerprint density at radius 2 is 1.62 bits per heavy atom. The van der Waals surface area contributed by atoms with Crippen LogP contribution in [0.25, 0.3) is 0 Å². The number of hydrogen-bond acceptors (Lipinski definition) is 4. The fraction of sp³-hybridized carbons (Fsp3) is 0.611. The fourth-order valence-electron chi connectivity index (χ4n) is 2.46. The molecule has 0 unspecified atom stereocenters. The van der Waals surface area contributed by atoms with E-state index in [1.54, 1.807) is 12.1 Å². The largest absolute Gasteiger partial charge is 0.449 e. The number of nitro groups is 1. The molecule has 0 spiro atoms. The van der Waals surface area contributed by atoms with Crippen molar-refractivity contribution in [3.8, 4) is 0 Å². The van der Waals surface area contributed by atoms with E-state index in [0.717, 1.165) is 19.3 Å². The van der Waals surface area contributed by atoms with Crippen LogP contribution in [0.15, 0.2) is 24.3 Å². The minimum atomic E-state index is -0.649. The molecule has 24 heavy (non-hydrogen) atoms. The van der Waals surface area contributed by atoms with Gasteiger partial charge in [-0.3, -0.25) is 15.4 Å². The number of carbonyl (C=O) groups is 1. The molecule has 1 aromatic rings. The van der Waals surface area contributed by atoms with Gasteiger partial charge in [-0.25, -0.2) is 4.79 Å². The Kier molecular flexibility index (Phi) is 10.2. The first-order valence-corrected chi connectivity index (χ1v) is 8.82. The van der Waals surface area contributed by atoms with Gasteiger partial charge in [0.1, 0.15) is 5.69 Å². The van der Waals surface area contributed by atoms with Crippen molar-refractivity contribution < 1.29 is 14.5 Å². The molecule has 0 aliphatic rings. The smallest absolute Gasteiger partial charge is 0.411 e. The minimum absolute atomic E-state index is 0.141. The number of amides is 1. The van der Waals surface area contributed by atoms with Gasteiger partial charge in [0, 0.05) is 6.07 Å². The third-order valence-electron chi connectivity index (χ3n) is 3.82. The molecule has 1 amide bonds. The number of anilines is 1. The maximum Gasteiger partial charge on any atom is 0.411 e. The minimum Gasteiger partial charge on any atom is -0.449 e. The third kappa shape index (κ3) is 8.50. The first kappa shape index (κ1) is 19.9. The molecule has 0 aromatic heterocycles. The van der Waals surface area contributed by atoms with Crippen molar-refractivity contribution in [3.63, 3.8) is 0 Å². The van der Waals surface area contributed by atoms with Gasteiger partial charge < -0.3 is 4.74 Å². The van der Waals surface area contributed by atoms with Crippen LogP contribution in [0.5, 0.6) is 0 Å². The molecule has 0 radical (unpaired) electrons. The third-order valence-corrected chi connectivity index (χ3v) is 3.82. The second-order valence-electron chi connectivity index (χ2n) is 5.86. The summed E-state index contributed by atoms with van der Waals surface area (Å²) in [4.78, 5) is 22.0. The van der Waals surface area contributed by atoms with Crippen LogP contribution in [0.2, 0.25) is 0 Å². The zero-order chi connectivity index (χ0) is 17.6. The van der Waals surface area contributed by atoms with Crippen LogP contribution >= 0.6 is 0 Å². The average molecular weight is 336 g/mol. The van der Waals surface area contributed by atoms with E-state index in [1.165, 1.54) is 50.7 Å². The van der Waals surface area contributed by atoms with Crippen molar-refractivity contribution in [2.45, 2.75) is 64.7 Å². The summed E-state index contributed by atoms with van der Waals surface area (Å²) >= 11 is 0. The molecular formula is C18H28N2O4. The number of rotatable bonds is 12. The molecule has 1 aromatic carbocycles. The maximum absolute atomic E-state index is 11.7. The molecule has 0 heterocycles. The lowest BCUT2D eigenvalue weighted by Gasteiger charge is -2.07. The van der Waals surface area contributed by atoms with Crippen LogP contribution in [0.1, 0.15) is 64.7 Å². The molecule has 0 atom stereocenters. The quantitative estimate of drug-likeness (QED) is 0.303. The molecule has 0 aliphatic heterocycles. The molecule has 134 valence electrons. The van der Waals surface area contributed by atoms with Crippen LogP contribution in [-0.2, 0) is 4.74 Å². The number of unbranched alkanes of at least 4 members (excludes halogenated alkanes) is 8. The number of nitrogens with zero attached hydrogens (tertiary/aromatic N) is 1. The summed E-state index contributed by atoms with van der Waals surface area (Å²) < 4.78 is 5.07. The van der Waals surface area contributed by atoms with E-state index in [4.69, 9.17) is 4.74 Å². The Balaban J connectivity index is 2.10. The molecular weight excluding hydrogens is 308 g/mol. The first-order chi connectivity index (χ1) is 11.6. The van der Waals surface area contributed by atoms with Crippen LogP contribution in [0.4, 0.5) is 16.2 Å². The number of hydrogen-bond donors (Lipinski definition) is 1. The van der Waals surface area contributed by atoms with Gasteiger partial charge in [-0.2, -0.15) is 0 Å². The molecule has 0 saturated carbocycles. The summed E-state index contributed by atoms with van der Waals surface area (Å²) in [7, 11) is 0. The SMILES string of the molecule is CCCCCCCCCCCOC(=O)Nc1ccccc1[N+](=O)[O-]. The molecule has 6 nitrogen and oxygen atoms in total. The fourth-order valence-corrected chi connectivity index (χ4v) is 2.46. The number of nitro benzene ring substituents is 1. The molecule has 1 N–H and O–H groups in total. The zero-order valence-corrected chi connectivity index (χ0v) is 14.5. The summed E-state index contributed by atoms with van der Waals surface area (Å²) in [6.07, 6.45) is 10.1. The number of nitrogens with one attached hydrogen (secondary N) is 1. The lowest BCUT2D eigenvalue weighted by molar-refractivity contribution is -0.383. The number of para-hydroxylation sites is 2. The Morgan fingerprint density at radius 1 is 1.04 bits per heavy atom. The molecule has 0 bridgehead atoms. The first-order valence-electron chi connectivity index (χ1n) is 8.82. The van der Waals surface area contributed by atoms with Gasteiger partial charge in [0.2, 0.25) is 0 Å². The van der Waals surface area contributed by atoms with Crippen LogP contribution in [0, 0.1) is 10.1 Å². The van der Waals surface area contributed by atoms with Gasteiger partial charge in [-0.05, 0) is 12.5 Å². The summed E-state index contributed by atoms with van der Waals surface area (Å²) in [6, 6.07) is 6.01. The van der Waals surface area contributed by atoms with Gasteiger partial charge in [0.15, 0.2) is 0 Å². The van der Waals surface area contributed by atoms with Crippen molar-refractivity contribution in [1.82, 2.24) is 0 Å². The number of benzene rings is 1. The standard InChI is InChI=1S/C18H28N2O4/c1-2-3-4-5-6-7-8-9-12-15-24-18(21)19-16-13-10-11-14-17(16)20(22)23/h10-11,13-14H,2-9,12,15H2,1H3,(H,19,21). The van der Waals surface area contributed by atoms with Gasteiger partial charge >= 0.3 is 6.09 Å². The molecule has 1 rings (SSSR count). The Labute approximate surface area is 143 Å². The van der Waals surface area contributed by atoms with E-state index in [-0.39, 0.29) is 11.4 Å². The van der Waals surface area contributed by atoms with E-state index in [0.29, 0.717) is 6.61 Å². The summed E-state index contributed by atoms with van der Waals surface area (Å²) in [6.45, 7) is 2.55. The summed E-state index contributed by atoms with van der Waals surface area (Å²) in [5.74, 6) is 0. The van der Waals surface area contributed by atoms with Gasteiger partial charge in [-0.15, -0.1) is 0 Å². The zero-order valence-electron chi connectivity index (χ0n) is 14.5. The topological polar surface area (TPSA) is 81.5 Å². The van der Waals surface area contributed by atoms with Crippen molar-refractivity contribution in [2.75, 3.05) is 11.9 Å². The van der Waals surface area contributed by atoms with E-state index in [9.17, 15) is 14.9 Å². The van der Waals surface area contributed by atoms with Crippen LogP contribution < -0.4 is 5.32 Å². The summed E-state index contributed by atoms with van der Waals surface area (Å²) in [5.41, 5.74) is 0.0112. The van der Waals surface area contributed by atoms with Crippen LogP contribution in [0.3, 0.4) is 0 Å². The lowest BCUT2D eigenvalue weighted by Crippen LogP contribution is -2.15. The Hall–Kier alpha value is -2.11. The Morgan fingerprint density at radius 3 is 2.25 bits per heavy atom. The highest BCUT2D eigenvalue weighted by molar-refractivity contribution is 5.87. The second-order valence-corrected chi connectivity index (χ2v) is 5.86. The van der Waals surface area contributed by atoms with Crippen molar-refractivity contribution in [2.24, 2.45) is 0 Å². The molecule has 6 heteroatoms. The van der Waals surface area contributed by atoms with Crippen LogP contribution in [-0.4, -0.2) is 17.6 Å². The van der Waals surface area contributed by atoms with Crippen molar-refractivity contribution in [1.29, 1.82) is 0 Å². The highest BCUT2D eigenvalue weighted by Gasteiger charge is 2.14. The predicted molar refractivity (Wildman–Crippen MR) is 95.3 cm³/mol. The van der Waals surface area contributed by atoms with E-state index < -0.39 is 11.0 Å². The number of carbonyl (C=O) groups excluding carboxylic acids is 1. The van der Waals surface area contributed by atoms with E-state index in [2.05, 4.69) is 12.2 Å². The van der Waals surface area contributed by atoms with Gasteiger partial charge in [0.05, 0.1) is 11.5 Å². The Bertz CT molecular complexity index is 506. The molecule has 0 aliphatic carbocycles. The molecule has 0 fully saturated rings. The van der Waals surface area contributed by atoms with Crippen molar-refractivity contribution >= 4 is 17.5 Å². The maximum atomic E-state index is 11.7. The average Bonchev–Trinajstić information content (AvgIpc) is 2.57. The highest BCUT2D eigenvalue weighted by atomic mass is 16.6. The van der Waals surface area contributed by atoms with Gasteiger partial charge in [0.25, 0.3) is 5.69 Å². The second kappa shape index (κ2) is 12.3. The van der Waals surface area contributed by atoms with E-state index in [1.807, 2.05) is 0 Å². The molecule has 0 saturated heterocycles. The summed E-state index contributed by atoms with van der Waals surface area (Å²) in [5, 5.41) is 13.3. The predicted octanol–water partition coefficient (Wildman–Crippen LogP) is 5.67. The normalized spacial score (nSPS) is 10.4. The highest BCUT2D eigenvalue weighted by Crippen LogP contribution is 2.23. The van der Waals surface area contributed by atoms with Crippen molar-refractivity contribution in [3.05, 3.63) is 34.4 Å².